The highest BCUT2D eigenvalue weighted by Crippen LogP contribution is 2.37. The Bertz CT molecular complexity index is 1070. The molecule has 0 aromatic heterocycles. The summed E-state index contributed by atoms with van der Waals surface area (Å²) in [4.78, 5) is 47.0. The molecule has 11 heteroatoms. The fraction of sp³-hybridized carbons (Fsp3) is 0.105. The van der Waals surface area contributed by atoms with E-state index in [-0.39, 0.29) is 21.4 Å². The van der Waals surface area contributed by atoms with Gasteiger partial charge in [0.05, 0.1) is 22.2 Å². The Balaban J connectivity index is 1.95. The lowest BCUT2D eigenvalue weighted by Gasteiger charge is -2.13. The van der Waals surface area contributed by atoms with Crippen LogP contribution in [0.2, 0.25) is 0 Å². The van der Waals surface area contributed by atoms with E-state index in [2.05, 4.69) is 26.1 Å². The molecular formula is C19H14BrN3O7. The van der Waals surface area contributed by atoms with Gasteiger partial charge in [-0.05, 0) is 45.8 Å². The lowest BCUT2D eigenvalue weighted by Crippen LogP contribution is -2.35. The Labute approximate surface area is 178 Å². The van der Waals surface area contributed by atoms with E-state index < -0.39 is 35.0 Å². The number of esters is 1. The molecule has 1 aliphatic rings. The number of hydrazine groups is 1. The van der Waals surface area contributed by atoms with Gasteiger partial charge in [0.2, 0.25) is 5.75 Å². The van der Waals surface area contributed by atoms with Crippen molar-refractivity contribution in [3.05, 3.63) is 68.2 Å². The average Bonchev–Trinajstić information content (AvgIpc) is 3.01. The molecule has 0 atom stereocenters. The van der Waals surface area contributed by atoms with Crippen LogP contribution in [0.25, 0.3) is 6.08 Å². The molecule has 154 valence electrons. The van der Waals surface area contributed by atoms with Gasteiger partial charge in [-0.25, -0.2) is 9.80 Å². The predicted molar refractivity (Wildman–Crippen MR) is 108 cm³/mol. The molecule has 0 aliphatic carbocycles. The molecule has 0 saturated carbocycles. The SMILES string of the molecule is COC(=O)COc1c(Br)cc(C=C2C(=O)NN(c3ccccc3)C2=O)cc1[N+](=O)[O-]. The first-order valence-electron chi connectivity index (χ1n) is 8.41. The molecule has 1 saturated heterocycles. The molecule has 3 rings (SSSR count). The molecule has 1 N–H and O–H groups in total. The lowest BCUT2D eigenvalue weighted by atomic mass is 10.1. The number of para-hydroxylation sites is 1. The number of ether oxygens (including phenoxy) is 2. The van der Waals surface area contributed by atoms with E-state index in [1.165, 1.54) is 12.1 Å². The van der Waals surface area contributed by atoms with Crippen LogP contribution in [0.5, 0.6) is 5.75 Å². The standard InChI is InChI=1S/C19H14BrN3O7/c1-29-16(24)10-30-17-14(20)8-11(9-15(17)23(27)28)7-13-18(25)21-22(19(13)26)12-5-3-2-4-6-12/h2-9H,10H2,1H3,(H,21,25). The summed E-state index contributed by atoms with van der Waals surface area (Å²) in [5, 5.41) is 12.5. The van der Waals surface area contributed by atoms with Crippen molar-refractivity contribution in [2.45, 2.75) is 0 Å². The third kappa shape index (κ3) is 4.30. The first-order valence-corrected chi connectivity index (χ1v) is 9.21. The van der Waals surface area contributed by atoms with Gasteiger partial charge in [-0.2, -0.15) is 0 Å². The van der Waals surface area contributed by atoms with Gasteiger partial charge >= 0.3 is 11.7 Å². The number of anilines is 1. The second-order valence-corrected chi connectivity index (χ2v) is 6.80. The number of nitro benzene ring substituents is 1. The second-order valence-electron chi connectivity index (χ2n) is 5.95. The summed E-state index contributed by atoms with van der Waals surface area (Å²) in [6.45, 7) is -0.525. The highest BCUT2D eigenvalue weighted by Gasteiger charge is 2.34. The summed E-state index contributed by atoms with van der Waals surface area (Å²) in [5.41, 5.74) is 2.49. The van der Waals surface area contributed by atoms with Crippen molar-refractivity contribution < 1.29 is 28.8 Å². The van der Waals surface area contributed by atoms with Crippen LogP contribution in [0.4, 0.5) is 11.4 Å². The zero-order chi connectivity index (χ0) is 21.8. The van der Waals surface area contributed by atoms with E-state index in [9.17, 15) is 24.5 Å². The number of hydrogen-bond donors (Lipinski definition) is 1. The zero-order valence-corrected chi connectivity index (χ0v) is 17.0. The van der Waals surface area contributed by atoms with E-state index in [4.69, 9.17) is 4.74 Å². The number of nitrogens with zero attached hydrogens (tertiary/aromatic N) is 2. The van der Waals surface area contributed by atoms with Gasteiger partial charge in [0.15, 0.2) is 6.61 Å². The Morgan fingerprint density at radius 1 is 1.27 bits per heavy atom. The molecule has 0 radical (unpaired) electrons. The number of hydrogen-bond acceptors (Lipinski definition) is 7. The highest BCUT2D eigenvalue weighted by atomic mass is 79.9. The van der Waals surface area contributed by atoms with Crippen molar-refractivity contribution in [3.8, 4) is 5.75 Å². The first-order chi connectivity index (χ1) is 14.3. The van der Waals surface area contributed by atoms with E-state index in [0.717, 1.165) is 18.2 Å². The smallest absolute Gasteiger partial charge is 0.343 e. The monoisotopic (exact) mass is 475 g/mol. The highest BCUT2D eigenvalue weighted by molar-refractivity contribution is 9.10. The number of rotatable bonds is 6. The number of benzene rings is 2. The third-order valence-corrected chi connectivity index (χ3v) is 4.61. The van der Waals surface area contributed by atoms with Gasteiger partial charge in [-0.15, -0.1) is 0 Å². The number of amides is 2. The van der Waals surface area contributed by atoms with E-state index in [1.807, 2.05) is 0 Å². The molecule has 10 nitrogen and oxygen atoms in total. The molecule has 2 aromatic rings. The van der Waals surface area contributed by atoms with Gasteiger partial charge in [0, 0.05) is 6.07 Å². The maximum Gasteiger partial charge on any atom is 0.343 e. The Hall–Kier alpha value is -3.73. The summed E-state index contributed by atoms with van der Waals surface area (Å²) >= 11 is 3.16. The zero-order valence-electron chi connectivity index (χ0n) is 15.5. The number of halogens is 1. The normalized spacial score (nSPS) is 14.6. The van der Waals surface area contributed by atoms with Crippen LogP contribution in [-0.2, 0) is 19.1 Å². The van der Waals surface area contributed by atoms with E-state index in [0.29, 0.717) is 5.69 Å². The van der Waals surface area contributed by atoms with Crippen molar-refractivity contribution in [1.82, 2.24) is 5.43 Å². The predicted octanol–water partition coefficient (Wildman–Crippen LogP) is 2.37. The maximum absolute atomic E-state index is 12.7. The van der Waals surface area contributed by atoms with Crippen LogP contribution in [0.1, 0.15) is 5.56 Å². The van der Waals surface area contributed by atoms with Crippen LogP contribution in [0, 0.1) is 10.1 Å². The molecule has 0 unspecified atom stereocenters. The van der Waals surface area contributed by atoms with Crippen molar-refractivity contribution in [1.29, 1.82) is 0 Å². The minimum absolute atomic E-state index is 0.165. The number of carbonyl (C=O) groups excluding carboxylic acids is 3. The summed E-state index contributed by atoms with van der Waals surface area (Å²) < 4.78 is 9.80. The molecular weight excluding hydrogens is 462 g/mol. The number of methoxy groups -OCH3 is 1. The van der Waals surface area contributed by atoms with Crippen molar-refractivity contribution >= 4 is 51.2 Å². The summed E-state index contributed by atoms with van der Waals surface area (Å²) in [7, 11) is 1.16. The second kappa shape index (κ2) is 8.74. The fourth-order valence-corrected chi connectivity index (χ4v) is 3.22. The molecule has 1 fully saturated rings. The lowest BCUT2D eigenvalue weighted by molar-refractivity contribution is -0.385. The maximum atomic E-state index is 12.7. The van der Waals surface area contributed by atoms with Crippen LogP contribution in [0.3, 0.4) is 0 Å². The van der Waals surface area contributed by atoms with Gasteiger partial charge in [0.25, 0.3) is 11.8 Å². The van der Waals surface area contributed by atoms with Crippen molar-refractivity contribution in [2.24, 2.45) is 0 Å². The third-order valence-electron chi connectivity index (χ3n) is 4.02. The quantitative estimate of drug-likeness (QED) is 0.223. The fourth-order valence-electron chi connectivity index (χ4n) is 2.63. The molecule has 0 spiro atoms. The molecule has 0 bridgehead atoms. The summed E-state index contributed by atoms with van der Waals surface area (Å²) in [6.07, 6.45) is 1.24. The molecule has 2 aromatic carbocycles. The Kier molecular flexibility index (Phi) is 6.11. The van der Waals surface area contributed by atoms with E-state index >= 15 is 0 Å². The van der Waals surface area contributed by atoms with Crippen LogP contribution in [-0.4, -0.2) is 36.4 Å². The summed E-state index contributed by atoms with van der Waals surface area (Å²) in [5.74, 6) is -2.14. The van der Waals surface area contributed by atoms with Crippen LogP contribution >= 0.6 is 15.9 Å². The topological polar surface area (TPSA) is 128 Å². The first kappa shape index (κ1) is 21.0. The molecule has 1 heterocycles. The minimum atomic E-state index is -0.711. The summed E-state index contributed by atoms with van der Waals surface area (Å²) in [6, 6.07) is 11.1. The number of nitro groups is 1. The number of nitrogens with one attached hydrogen (secondary N) is 1. The van der Waals surface area contributed by atoms with Crippen LogP contribution in [0.15, 0.2) is 52.5 Å². The molecule has 30 heavy (non-hydrogen) atoms. The van der Waals surface area contributed by atoms with E-state index in [1.54, 1.807) is 30.3 Å². The van der Waals surface area contributed by atoms with Crippen molar-refractivity contribution in [2.75, 3.05) is 18.7 Å². The number of carbonyl (C=O) groups is 3. The van der Waals surface area contributed by atoms with Gasteiger partial charge < -0.3 is 9.47 Å². The van der Waals surface area contributed by atoms with Crippen molar-refractivity contribution in [3.63, 3.8) is 0 Å². The molecule has 2 amide bonds. The minimum Gasteiger partial charge on any atom is -0.474 e. The van der Waals surface area contributed by atoms with Gasteiger partial charge in [-0.3, -0.25) is 25.1 Å². The molecule has 1 aliphatic heterocycles. The average molecular weight is 476 g/mol. The Morgan fingerprint density at radius 2 is 1.97 bits per heavy atom. The van der Waals surface area contributed by atoms with Gasteiger partial charge in [-0.1, -0.05) is 18.2 Å². The Morgan fingerprint density at radius 3 is 2.60 bits per heavy atom. The largest absolute Gasteiger partial charge is 0.474 e. The van der Waals surface area contributed by atoms with Crippen LogP contribution < -0.4 is 15.2 Å². The van der Waals surface area contributed by atoms with Gasteiger partial charge in [0.1, 0.15) is 5.57 Å².